The molecule has 22 heavy (non-hydrogen) atoms. The van der Waals surface area contributed by atoms with Crippen LogP contribution in [0.25, 0.3) is 0 Å². The third-order valence-electron chi connectivity index (χ3n) is 3.98. The maximum absolute atomic E-state index is 12.4. The zero-order valence-corrected chi connectivity index (χ0v) is 12.4. The van der Waals surface area contributed by atoms with Crippen LogP contribution in [0, 0.1) is 0 Å². The minimum absolute atomic E-state index is 0.0758. The van der Waals surface area contributed by atoms with Crippen LogP contribution in [0.1, 0.15) is 22.2 Å². The number of aliphatic hydroxyl groups excluding tert-OH is 1. The number of amides is 1. The Hall–Kier alpha value is -2.11. The Morgan fingerprint density at radius 1 is 1.09 bits per heavy atom. The maximum atomic E-state index is 12.4. The van der Waals surface area contributed by atoms with Gasteiger partial charge in [-0.1, -0.05) is 18.2 Å². The molecule has 2 heterocycles. The number of carbonyl (C=O) groups excluding carboxylic acids is 1. The number of aliphatic hydroxyl groups is 1. The summed E-state index contributed by atoms with van der Waals surface area (Å²) in [5.74, 6) is 0.662. The first-order chi connectivity index (χ1) is 10.7. The first-order valence-corrected chi connectivity index (χ1v) is 7.52. The lowest BCUT2D eigenvalue weighted by atomic mass is 10.1. The first-order valence-electron chi connectivity index (χ1n) is 7.52. The number of piperazine rings is 1. The molecule has 1 amide bonds. The van der Waals surface area contributed by atoms with Gasteiger partial charge in [0.05, 0.1) is 6.26 Å². The summed E-state index contributed by atoms with van der Waals surface area (Å²) >= 11 is 0. The van der Waals surface area contributed by atoms with E-state index in [4.69, 9.17) is 4.42 Å². The molecule has 3 rings (SSSR count). The highest BCUT2D eigenvalue weighted by Gasteiger charge is 2.24. The molecule has 1 aromatic carbocycles. The summed E-state index contributed by atoms with van der Waals surface area (Å²) in [5.41, 5.74) is 0.728. The van der Waals surface area contributed by atoms with Gasteiger partial charge in [0.15, 0.2) is 0 Å². The Morgan fingerprint density at radius 2 is 1.82 bits per heavy atom. The number of benzene rings is 1. The smallest absolute Gasteiger partial charge is 0.253 e. The van der Waals surface area contributed by atoms with E-state index in [0.717, 1.165) is 18.7 Å². The number of furan rings is 1. The van der Waals surface area contributed by atoms with Crippen LogP contribution in [0.4, 0.5) is 0 Å². The molecule has 1 N–H and O–H groups in total. The van der Waals surface area contributed by atoms with Crippen LogP contribution in [0.5, 0.6) is 0 Å². The molecule has 0 spiro atoms. The normalized spacial score (nSPS) is 17.4. The van der Waals surface area contributed by atoms with Crippen molar-refractivity contribution in [3.05, 3.63) is 60.1 Å². The van der Waals surface area contributed by atoms with Crippen molar-refractivity contribution in [2.45, 2.75) is 6.10 Å². The minimum atomic E-state index is -0.619. The largest absolute Gasteiger partial charge is 0.467 e. The molecule has 0 aliphatic carbocycles. The zero-order valence-electron chi connectivity index (χ0n) is 12.4. The van der Waals surface area contributed by atoms with Gasteiger partial charge in [-0.2, -0.15) is 0 Å². The summed E-state index contributed by atoms with van der Waals surface area (Å²) in [7, 11) is 0. The molecule has 1 atom stereocenters. The van der Waals surface area contributed by atoms with E-state index < -0.39 is 6.10 Å². The topological polar surface area (TPSA) is 56.9 Å². The van der Waals surface area contributed by atoms with E-state index in [1.54, 1.807) is 18.4 Å². The van der Waals surface area contributed by atoms with Gasteiger partial charge < -0.3 is 14.4 Å². The van der Waals surface area contributed by atoms with E-state index in [2.05, 4.69) is 4.90 Å². The van der Waals surface area contributed by atoms with Gasteiger partial charge >= 0.3 is 0 Å². The highest BCUT2D eigenvalue weighted by atomic mass is 16.4. The zero-order chi connectivity index (χ0) is 15.4. The molecule has 1 aliphatic heterocycles. The van der Waals surface area contributed by atoms with Crippen LogP contribution in [-0.4, -0.2) is 53.5 Å². The Bertz CT molecular complexity index is 590. The molecule has 1 aromatic heterocycles. The summed E-state index contributed by atoms with van der Waals surface area (Å²) < 4.78 is 5.21. The van der Waals surface area contributed by atoms with Crippen molar-refractivity contribution in [2.75, 3.05) is 32.7 Å². The third-order valence-corrected chi connectivity index (χ3v) is 3.98. The number of hydrogen-bond acceptors (Lipinski definition) is 4. The molecule has 116 valence electrons. The fourth-order valence-corrected chi connectivity index (χ4v) is 2.71. The van der Waals surface area contributed by atoms with Crippen molar-refractivity contribution in [3.8, 4) is 0 Å². The second-order valence-corrected chi connectivity index (χ2v) is 5.49. The Kier molecular flexibility index (Phi) is 4.56. The monoisotopic (exact) mass is 300 g/mol. The predicted octanol–water partition coefficient (Wildman–Crippen LogP) is 1.77. The van der Waals surface area contributed by atoms with Crippen molar-refractivity contribution in [3.63, 3.8) is 0 Å². The number of hydrogen-bond donors (Lipinski definition) is 1. The average Bonchev–Trinajstić information content (AvgIpc) is 3.10. The standard InChI is InChI=1S/C17H20N2O3/c20-15(16-7-4-12-22-16)13-18-8-10-19(11-9-18)17(21)14-5-2-1-3-6-14/h1-7,12,15,20H,8-11,13H2/t15-/m1/s1. The Morgan fingerprint density at radius 3 is 2.45 bits per heavy atom. The molecule has 5 heteroatoms. The van der Waals surface area contributed by atoms with Crippen LogP contribution in [0.3, 0.4) is 0 Å². The SMILES string of the molecule is O=C(c1ccccc1)N1CCN(C[C@@H](O)c2ccco2)CC1. The van der Waals surface area contributed by atoms with E-state index in [1.165, 1.54) is 0 Å². The van der Waals surface area contributed by atoms with Crippen molar-refractivity contribution < 1.29 is 14.3 Å². The third kappa shape index (κ3) is 3.37. The number of rotatable bonds is 4. The quantitative estimate of drug-likeness (QED) is 0.935. The van der Waals surface area contributed by atoms with Crippen molar-refractivity contribution in [1.29, 1.82) is 0 Å². The molecule has 2 aromatic rings. The fourth-order valence-electron chi connectivity index (χ4n) is 2.71. The van der Waals surface area contributed by atoms with Crippen LogP contribution in [0.15, 0.2) is 53.1 Å². The molecule has 0 saturated carbocycles. The van der Waals surface area contributed by atoms with Gasteiger partial charge in [-0.15, -0.1) is 0 Å². The van der Waals surface area contributed by atoms with E-state index in [-0.39, 0.29) is 5.91 Å². The number of carbonyl (C=O) groups is 1. The van der Waals surface area contributed by atoms with Gasteiger partial charge in [0.25, 0.3) is 5.91 Å². The molecule has 1 saturated heterocycles. The number of nitrogens with zero attached hydrogens (tertiary/aromatic N) is 2. The average molecular weight is 300 g/mol. The minimum Gasteiger partial charge on any atom is -0.467 e. The summed E-state index contributed by atoms with van der Waals surface area (Å²) in [5, 5.41) is 10.1. The first kappa shape index (κ1) is 14.8. The summed E-state index contributed by atoms with van der Waals surface area (Å²) in [6, 6.07) is 12.9. The summed E-state index contributed by atoms with van der Waals surface area (Å²) in [6.07, 6.45) is 0.945. The molecule has 1 aliphatic rings. The lowest BCUT2D eigenvalue weighted by Gasteiger charge is -2.35. The Balaban J connectivity index is 1.51. The molecule has 0 radical (unpaired) electrons. The molecular weight excluding hydrogens is 280 g/mol. The van der Waals surface area contributed by atoms with Crippen molar-refractivity contribution in [1.82, 2.24) is 9.80 Å². The van der Waals surface area contributed by atoms with Gasteiger partial charge in [-0.3, -0.25) is 9.69 Å². The van der Waals surface area contributed by atoms with Crippen molar-refractivity contribution >= 4 is 5.91 Å². The highest BCUT2D eigenvalue weighted by Crippen LogP contribution is 2.16. The van der Waals surface area contributed by atoms with Gasteiger partial charge in [0.1, 0.15) is 11.9 Å². The highest BCUT2D eigenvalue weighted by molar-refractivity contribution is 5.94. The molecule has 0 unspecified atom stereocenters. The number of β-amino-alcohol motifs (C(OH)–C–C–N with tert-alkyl or cyclic N) is 1. The lowest BCUT2D eigenvalue weighted by molar-refractivity contribution is 0.0486. The van der Waals surface area contributed by atoms with Gasteiger partial charge in [0.2, 0.25) is 0 Å². The van der Waals surface area contributed by atoms with Crippen molar-refractivity contribution in [2.24, 2.45) is 0 Å². The van der Waals surface area contributed by atoms with E-state index in [9.17, 15) is 9.90 Å². The molecule has 0 bridgehead atoms. The predicted molar refractivity (Wildman–Crippen MR) is 82.5 cm³/mol. The Labute approximate surface area is 129 Å². The lowest BCUT2D eigenvalue weighted by Crippen LogP contribution is -2.49. The van der Waals surface area contributed by atoms with Crippen LogP contribution in [-0.2, 0) is 0 Å². The molecule has 5 nitrogen and oxygen atoms in total. The molecule has 1 fully saturated rings. The summed E-state index contributed by atoms with van der Waals surface area (Å²) in [4.78, 5) is 16.4. The summed E-state index contributed by atoms with van der Waals surface area (Å²) in [6.45, 7) is 3.41. The second kappa shape index (κ2) is 6.77. The fraction of sp³-hybridized carbons (Fsp3) is 0.353. The van der Waals surface area contributed by atoms with E-state index in [1.807, 2.05) is 35.2 Å². The van der Waals surface area contributed by atoms with Gasteiger partial charge in [-0.25, -0.2) is 0 Å². The second-order valence-electron chi connectivity index (χ2n) is 5.49. The maximum Gasteiger partial charge on any atom is 0.253 e. The van der Waals surface area contributed by atoms with Gasteiger partial charge in [0, 0.05) is 38.3 Å². The van der Waals surface area contributed by atoms with Gasteiger partial charge in [-0.05, 0) is 24.3 Å². The van der Waals surface area contributed by atoms with Crippen LogP contribution >= 0.6 is 0 Å². The van der Waals surface area contributed by atoms with E-state index >= 15 is 0 Å². The van der Waals surface area contributed by atoms with E-state index in [0.29, 0.717) is 25.4 Å². The molecular formula is C17H20N2O3. The van der Waals surface area contributed by atoms with Crippen LogP contribution in [0.2, 0.25) is 0 Å². The van der Waals surface area contributed by atoms with Crippen LogP contribution < -0.4 is 0 Å².